The van der Waals surface area contributed by atoms with Crippen LogP contribution in [0.25, 0.3) is 0 Å². The lowest BCUT2D eigenvalue weighted by atomic mass is 10.1. The van der Waals surface area contributed by atoms with Crippen LogP contribution in [0.5, 0.6) is 0 Å². The Labute approximate surface area is 163 Å². The molecule has 2 aliphatic heterocycles. The van der Waals surface area contributed by atoms with Gasteiger partial charge in [-0.2, -0.15) is 0 Å². The lowest BCUT2D eigenvalue weighted by molar-refractivity contribution is -0.115. The fourth-order valence-electron chi connectivity index (χ4n) is 3.48. The Hall–Kier alpha value is -2.09. The van der Waals surface area contributed by atoms with Gasteiger partial charge in [0.2, 0.25) is 5.91 Å². The molecule has 2 fully saturated rings. The number of amides is 1. The second-order valence-electron chi connectivity index (χ2n) is 6.70. The molecule has 2 aromatic rings. The zero-order valence-corrected chi connectivity index (χ0v) is 16.2. The lowest BCUT2D eigenvalue weighted by Gasteiger charge is -2.33. The summed E-state index contributed by atoms with van der Waals surface area (Å²) in [5.41, 5.74) is 3.12. The molecule has 27 heavy (non-hydrogen) atoms. The van der Waals surface area contributed by atoms with Crippen molar-refractivity contribution >= 4 is 34.3 Å². The monoisotopic (exact) mass is 387 g/mol. The van der Waals surface area contributed by atoms with E-state index >= 15 is 0 Å². The smallest absolute Gasteiger partial charge is 0.229 e. The Morgan fingerprint density at radius 1 is 1.00 bits per heavy atom. The number of hydrogen-bond acceptors (Lipinski definition) is 6. The van der Waals surface area contributed by atoms with Crippen LogP contribution in [0.1, 0.15) is 4.88 Å². The van der Waals surface area contributed by atoms with E-state index in [2.05, 4.69) is 27.2 Å². The molecule has 1 N–H and O–H groups in total. The fraction of sp³-hybridized carbons (Fsp3) is 0.450. The summed E-state index contributed by atoms with van der Waals surface area (Å²) in [4.78, 5) is 18.2. The van der Waals surface area contributed by atoms with Gasteiger partial charge in [0, 0.05) is 36.7 Å². The molecule has 0 saturated carbocycles. The summed E-state index contributed by atoms with van der Waals surface area (Å²) >= 11 is 1.61. The SMILES string of the molecule is O=C(Cc1cccs1)Nc1ccc(N2CCOCC2)cc1N1CCOCC1. The van der Waals surface area contributed by atoms with Crippen LogP contribution in [0.3, 0.4) is 0 Å². The van der Waals surface area contributed by atoms with Gasteiger partial charge in [0.25, 0.3) is 0 Å². The molecule has 144 valence electrons. The van der Waals surface area contributed by atoms with E-state index in [0.29, 0.717) is 19.6 Å². The molecule has 1 amide bonds. The average molecular weight is 388 g/mol. The minimum Gasteiger partial charge on any atom is -0.378 e. The third kappa shape index (κ3) is 4.61. The number of hydrogen-bond donors (Lipinski definition) is 1. The number of thiophene rings is 1. The number of nitrogens with one attached hydrogen (secondary N) is 1. The van der Waals surface area contributed by atoms with E-state index < -0.39 is 0 Å². The summed E-state index contributed by atoms with van der Waals surface area (Å²) < 4.78 is 11.0. The second kappa shape index (κ2) is 8.73. The third-order valence-electron chi connectivity index (χ3n) is 4.90. The van der Waals surface area contributed by atoms with Crippen molar-refractivity contribution in [1.82, 2.24) is 0 Å². The summed E-state index contributed by atoms with van der Waals surface area (Å²) in [6.45, 7) is 6.40. The first-order valence-corrected chi connectivity index (χ1v) is 10.3. The van der Waals surface area contributed by atoms with E-state index in [9.17, 15) is 4.79 Å². The second-order valence-corrected chi connectivity index (χ2v) is 7.74. The van der Waals surface area contributed by atoms with Crippen molar-refractivity contribution in [2.75, 3.05) is 67.7 Å². The van der Waals surface area contributed by atoms with Crippen molar-refractivity contribution < 1.29 is 14.3 Å². The molecule has 0 bridgehead atoms. The maximum absolute atomic E-state index is 12.5. The molecular formula is C20H25N3O3S. The molecule has 0 unspecified atom stereocenters. The van der Waals surface area contributed by atoms with Crippen LogP contribution in [-0.4, -0.2) is 58.5 Å². The topological polar surface area (TPSA) is 54.0 Å². The summed E-state index contributed by atoms with van der Waals surface area (Å²) in [5.74, 6) is 0.0195. The van der Waals surface area contributed by atoms with Gasteiger partial charge in [-0.3, -0.25) is 4.79 Å². The van der Waals surface area contributed by atoms with Gasteiger partial charge in [0.05, 0.1) is 44.2 Å². The predicted octanol–water partition coefficient (Wildman–Crippen LogP) is 2.60. The maximum Gasteiger partial charge on any atom is 0.229 e. The predicted molar refractivity (Wildman–Crippen MR) is 109 cm³/mol. The molecule has 0 aliphatic carbocycles. The van der Waals surface area contributed by atoms with Crippen LogP contribution in [0.2, 0.25) is 0 Å². The van der Waals surface area contributed by atoms with E-state index in [0.717, 1.165) is 55.6 Å². The molecule has 1 aromatic carbocycles. The molecule has 6 nitrogen and oxygen atoms in total. The lowest BCUT2D eigenvalue weighted by Crippen LogP contribution is -2.38. The normalized spacial score (nSPS) is 17.8. The largest absolute Gasteiger partial charge is 0.378 e. The Balaban J connectivity index is 1.55. The molecule has 4 rings (SSSR count). The highest BCUT2D eigenvalue weighted by molar-refractivity contribution is 7.10. The Bertz CT molecular complexity index is 754. The van der Waals surface area contributed by atoms with E-state index in [4.69, 9.17) is 9.47 Å². The van der Waals surface area contributed by atoms with Crippen molar-refractivity contribution in [3.8, 4) is 0 Å². The van der Waals surface area contributed by atoms with Crippen LogP contribution in [0.4, 0.5) is 17.1 Å². The number of anilines is 3. The molecular weight excluding hydrogens is 362 g/mol. The Morgan fingerprint density at radius 2 is 1.70 bits per heavy atom. The van der Waals surface area contributed by atoms with Gasteiger partial charge < -0.3 is 24.6 Å². The molecule has 1 aromatic heterocycles. The third-order valence-corrected chi connectivity index (χ3v) is 5.77. The van der Waals surface area contributed by atoms with Crippen LogP contribution in [0, 0.1) is 0 Å². The molecule has 2 aliphatic rings. The van der Waals surface area contributed by atoms with E-state index in [1.165, 1.54) is 5.69 Å². The zero-order valence-electron chi connectivity index (χ0n) is 15.4. The number of carbonyl (C=O) groups excluding carboxylic acids is 1. The van der Waals surface area contributed by atoms with Gasteiger partial charge in [0.1, 0.15) is 0 Å². The maximum atomic E-state index is 12.5. The van der Waals surface area contributed by atoms with Crippen molar-refractivity contribution in [1.29, 1.82) is 0 Å². The van der Waals surface area contributed by atoms with Gasteiger partial charge in [-0.1, -0.05) is 6.07 Å². The highest BCUT2D eigenvalue weighted by atomic mass is 32.1. The zero-order chi connectivity index (χ0) is 18.5. The van der Waals surface area contributed by atoms with Crippen LogP contribution in [-0.2, 0) is 20.7 Å². The van der Waals surface area contributed by atoms with Gasteiger partial charge >= 0.3 is 0 Å². The van der Waals surface area contributed by atoms with Gasteiger partial charge in [0.15, 0.2) is 0 Å². The highest BCUT2D eigenvalue weighted by Gasteiger charge is 2.19. The number of carbonyl (C=O) groups is 1. The summed E-state index contributed by atoms with van der Waals surface area (Å²) in [6, 6.07) is 10.3. The minimum atomic E-state index is 0.0195. The van der Waals surface area contributed by atoms with Gasteiger partial charge in [-0.15, -0.1) is 11.3 Å². The van der Waals surface area contributed by atoms with Crippen LogP contribution < -0.4 is 15.1 Å². The first-order valence-electron chi connectivity index (χ1n) is 9.41. The van der Waals surface area contributed by atoms with E-state index in [-0.39, 0.29) is 5.91 Å². The first-order chi connectivity index (χ1) is 13.3. The quantitative estimate of drug-likeness (QED) is 0.855. The standard InChI is InChI=1S/C20H25N3O3S/c24-20(15-17-2-1-13-27-17)21-18-4-3-16(22-5-9-25-10-6-22)14-19(18)23-7-11-26-12-8-23/h1-4,13-14H,5-12,15H2,(H,21,24). The number of benzene rings is 1. The van der Waals surface area contributed by atoms with E-state index in [1.807, 2.05) is 23.6 Å². The fourth-order valence-corrected chi connectivity index (χ4v) is 4.18. The molecule has 0 atom stereocenters. The number of morpholine rings is 2. The van der Waals surface area contributed by atoms with Crippen LogP contribution in [0.15, 0.2) is 35.7 Å². The number of rotatable bonds is 5. The molecule has 7 heteroatoms. The molecule has 0 spiro atoms. The van der Waals surface area contributed by atoms with Crippen molar-refractivity contribution in [3.05, 3.63) is 40.6 Å². The molecule has 3 heterocycles. The minimum absolute atomic E-state index is 0.0195. The van der Waals surface area contributed by atoms with Crippen LogP contribution >= 0.6 is 11.3 Å². The first kappa shape index (κ1) is 18.3. The number of nitrogens with zero attached hydrogens (tertiary/aromatic N) is 2. The highest BCUT2D eigenvalue weighted by Crippen LogP contribution is 2.32. The molecule has 2 saturated heterocycles. The Morgan fingerprint density at radius 3 is 2.37 bits per heavy atom. The van der Waals surface area contributed by atoms with E-state index in [1.54, 1.807) is 11.3 Å². The average Bonchev–Trinajstić information content (AvgIpc) is 3.22. The van der Waals surface area contributed by atoms with Crippen molar-refractivity contribution in [3.63, 3.8) is 0 Å². The van der Waals surface area contributed by atoms with Crippen molar-refractivity contribution in [2.24, 2.45) is 0 Å². The van der Waals surface area contributed by atoms with Crippen molar-refractivity contribution in [2.45, 2.75) is 6.42 Å². The molecule has 0 radical (unpaired) electrons. The summed E-state index contributed by atoms with van der Waals surface area (Å²) in [7, 11) is 0. The van der Waals surface area contributed by atoms with Gasteiger partial charge in [-0.05, 0) is 29.6 Å². The summed E-state index contributed by atoms with van der Waals surface area (Å²) in [6.07, 6.45) is 0.408. The van der Waals surface area contributed by atoms with Gasteiger partial charge in [-0.25, -0.2) is 0 Å². The summed E-state index contributed by atoms with van der Waals surface area (Å²) in [5, 5.41) is 5.12. The number of ether oxygens (including phenoxy) is 2. The Kier molecular flexibility index (Phi) is 5.91.